The number of alkyl halides is 6. The van der Waals surface area contributed by atoms with Crippen molar-refractivity contribution >= 4 is 46.4 Å². The van der Waals surface area contributed by atoms with Crippen LogP contribution in [0.4, 0.5) is 49.4 Å². The molecule has 6 heterocycles. The van der Waals surface area contributed by atoms with E-state index in [0.29, 0.717) is 80.6 Å². The summed E-state index contributed by atoms with van der Waals surface area (Å²) in [5.41, 5.74) is 1.69. The van der Waals surface area contributed by atoms with E-state index >= 15 is 0 Å². The van der Waals surface area contributed by atoms with Crippen LogP contribution in [0, 0.1) is 38.0 Å². The Morgan fingerprint density at radius 3 is 1.44 bits per heavy atom. The van der Waals surface area contributed by atoms with Crippen LogP contribution in [0.5, 0.6) is 0 Å². The van der Waals surface area contributed by atoms with E-state index in [1.165, 1.54) is 12.1 Å². The van der Waals surface area contributed by atoms with E-state index in [9.17, 15) is 41.0 Å². The van der Waals surface area contributed by atoms with E-state index in [-0.39, 0.29) is 11.1 Å². The van der Waals surface area contributed by atoms with E-state index in [2.05, 4.69) is 58.1 Å². The number of pyridine rings is 4. The molecular weight excluding hydrogens is 1030 g/mol. The highest BCUT2D eigenvalue weighted by Crippen LogP contribution is 2.34. The van der Waals surface area contributed by atoms with Gasteiger partial charge in [-0.15, -0.1) is 6.42 Å². The zero-order chi connectivity index (χ0) is 56.3. The van der Waals surface area contributed by atoms with Gasteiger partial charge >= 0.3 is 12.4 Å². The standard InChI is InChI=1S/C28H27F3N4O3.C23H20ClF3N4O2.C5H8O/c1-18-4-5-21(34-26(36)19-7-9-32-24(15-19)28(29,30)31)17-23(18)20-14-22(6-8-27(2,3)37)33-25(16-20)35-10-12-38-13-11-35;1-14-2-3-17(29-22(32)15-4-5-28-19(10-15)23(25,26)27)13-18(14)16-11-20(24)30-21(12-16)31-6-8-33-9-7-31;1-4-5(2,3)6/h4-5,7,9,14-17,37H,10-13H2,1-3H3,(H,34,36);2-5,10-13H,6-9H2,1H3,(H,29,32);1,6H,2-3H3. The summed E-state index contributed by atoms with van der Waals surface area (Å²) in [6, 6.07) is 21.8. The normalized spacial score (nSPS) is 13.8. The van der Waals surface area contributed by atoms with Crippen molar-refractivity contribution < 1.29 is 55.6 Å². The van der Waals surface area contributed by atoms with Gasteiger partial charge in [-0.1, -0.05) is 35.6 Å². The van der Waals surface area contributed by atoms with Gasteiger partial charge in [-0.2, -0.15) is 26.3 Å². The van der Waals surface area contributed by atoms with Crippen molar-refractivity contribution in [3.05, 3.63) is 142 Å². The van der Waals surface area contributed by atoms with Crippen molar-refractivity contribution in [3.63, 3.8) is 0 Å². The minimum absolute atomic E-state index is 0.138. The number of aliphatic hydroxyl groups is 2. The van der Waals surface area contributed by atoms with Crippen LogP contribution in [0.15, 0.2) is 97.3 Å². The molecule has 2 fully saturated rings. The molecule has 21 heteroatoms. The number of aryl methyl sites for hydroxylation is 2. The van der Waals surface area contributed by atoms with Crippen LogP contribution in [0.3, 0.4) is 0 Å². The van der Waals surface area contributed by atoms with Crippen molar-refractivity contribution in [2.45, 2.75) is 65.1 Å². The molecule has 0 atom stereocenters. The first-order chi connectivity index (χ1) is 36.2. The Kier molecular flexibility index (Phi) is 19.1. The Hall–Kier alpha value is -7.59. The van der Waals surface area contributed by atoms with Gasteiger partial charge in [-0.25, -0.2) is 9.97 Å². The topological polar surface area (TPSA) is 175 Å². The Morgan fingerprint density at radius 1 is 0.623 bits per heavy atom. The predicted octanol–water partition coefficient (Wildman–Crippen LogP) is 10.3. The summed E-state index contributed by atoms with van der Waals surface area (Å²) in [6.45, 7) is 15.2. The highest BCUT2D eigenvalue weighted by Gasteiger charge is 2.34. The molecule has 0 aliphatic carbocycles. The largest absolute Gasteiger partial charge is 0.433 e. The smallest absolute Gasteiger partial charge is 0.378 e. The molecule has 0 saturated carbocycles. The van der Waals surface area contributed by atoms with Gasteiger partial charge in [0.2, 0.25) is 0 Å². The number of halogens is 7. The van der Waals surface area contributed by atoms with Gasteiger partial charge in [-0.05, 0) is 154 Å². The van der Waals surface area contributed by atoms with Crippen LogP contribution in [0.1, 0.15) is 76.6 Å². The van der Waals surface area contributed by atoms with Gasteiger partial charge in [0.25, 0.3) is 11.8 Å². The lowest BCUT2D eigenvalue weighted by molar-refractivity contribution is -0.142. The second-order valence-corrected chi connectivity index (χ2v) is 19.1. The molecule has 0 radical (unpaired) electrons. The third-order valence-corrected chi connectivity index (χ3v) is 11.5. The fourth-order valence-electron chi connectivity index (χ4n) is 7.38. The third kappa shape index (κ3) is 17.5. The lowest BCUT2D eigenvalue weighted by atomic mass is 9.99. The maximum Gasteiger partial charge on any atom is 0.433 e. The predicted molar refractivity (Wildman–Crippen MR) is 283 cm³/mol. The van der Waals surface area contributed by atoms with Gasteiger partial charge in [0, 0.05) is 61.1 Å². The quantitative estimate of drug-likeness (QED) is 0.0646. The molecule has 2 amide bonds. The van der Waals surface area contributed by atoms with Gasteiger partial charge in [-0.3, -0.25) is 19.6 Å². The van der Waals surface area contributed by atoms with Gasteiger partial charge in [0.05, 0.1) is 26.4 Å². The molecule has 404 valence electrons. The van der Waals surface area contributed by atoms with Crippen LogP contribution in [-0.2, 0) is 21.8 Å². The number of nitrogens with one attached hydrogen (secondary N) is 2. The van der Waals surface area contributed by atoms with Crippen LogP contribution in [0.2, 0.25) is 5.15 Å². The molecule has 77 heavy (non-hydrogen) atoms. The zero-order valence-corrected chi connectivity index (χ0v) is 43.6. The number of carbonyl (C=O) groups excluding carboxylic acids is 2. The lowest BCUT2D eigenvalue weighted by Gasteiger charge is -2.28. The van der Waals surface area contributed by atoms with Crippen LogP contribution >= 0.6 is 11.6 Å². The monoisotopic (exact) mass is 1080 g/mol. The highest BCUT2D eigenvalue weighted by atomic mass is 35.5. The summed E-state index contributed by atoms with van der Waals surface area (Å²) in [5.74, 6) is 7.97. The fourth-order valence-corrected chi connectivity index (χ4v) is 7.59. The maximum atomic E-state index is 13.0. The molecule has 2 aliphatic heterocycles. The number of amides is 2. The molecule has 2 aliphatic rings. The molecule has 0 spiro atoms. The number of ether oxygens (including phenoxy) is 2. The summed E-state index contributed by atoms with van der Waals surface area (Å²) >= 11 is 6.29. The zero-order valence-electron chi connectivity index (χ0n) is 42.8. The maximum absolute atomic E-state index is 13.0. The fraction of sp³-hybridized carbons (Fsp3) is 0.321. The number of hydrogen-bond acceptors (Lipinski definition) is 12. The second kappa shape index (κ2) is 25.0. The number of morpholine rings is 2. The third-order valence-electron chi connectivity index (χ3n) is 11.4. The van der Waals surface area contributed by atoms with Crippen molar-refractivity contribution in [2.24, 2.45) is 0 Å². The molecule has 6 aromatic rings. The molecule has 2 aromatic carbocycles. The van der Waals surface area contributed by atoms with Gasteiger partial charge < -0.3 is 40.1 Å². The molecular formula is C56H55ClF6N8O6. The van der Waals surface area contributed by atoms with Crippen LogP contribution < -0.4 is 20.4 Å². The Morgan fingerprint density at radius 2 is 1.04 bits per heavy atom. The molecule has 4 N–H and O–H groups in total. The van der Waals surface area contributed by atoms with E-state index in [1.54, 1.807) is 64.1 Å². The SMILES string of the molecule is C#CC(C)(C)O.Cc1ccc(NC(=O)c2ccnc(C(F)(F)F)c2)cc1-c1cc(C#CC(C)(C)O)nc(N2CCOCC2)c1.Cc1ccc(NC(=O)c2ccnc(C(F)(F)F)c2)cc1-c1cc(Cl)nc(N2CCOCC2)c1. The van der Waals surface area contributed by atoms with Crippen molar-refractivity contribution in [1.29, 1.82) is 0 Å². The van der Waals surface area contributed by atoms with Crippen molar-refractivity contribution in [1.82, 2.24) is 19.9 Å². The summed E-state index contributed by atoms with van der Waals surface area (Å²) < 4.78 is 88.7. The Balaban J connectivity index is 0.000000227. The number of nitrogens with zero attached hydrogens (tertiary/aromatic N) is 6. The molecule has 0 bridgehead atoms. The van der Waals surface area contributed by atoms with E-state index in [4.69, 9.17) is 32.6 Å². The van der Waals surface area contributed by atoms with E-state index < -0.39 is 46.8 Å². The van der Waals surface area contributed by atoms with Crippen molar-refractivity contribution in [3.8, 4) is 46.4 Å². The Labute approximate surface area is 446 Å². The number of hydrogen-bond donors (Lipinski definition) is 4. The summed E-state index contributed by atoms with van der Waals surface area (Å²) in [7, 11) is 0. The first kappa shape index (κ1) is 58.7. The lowest BCUT2D eigenvalue weighted by Crippen LogP contribution is -2.36. The van der Waals surface area contributed by atoms with Crippen molar-refractivity contribution in [2.75, 3.05) is 73.0 Å². The van der Waals surface area contributed by atoms with E-state index in [1.807, 2.05) is 38.1 Å². The Bertz CT molecular complexity index is 3180. The minimum atomic E-state index is -4.65. The molecule has 0 unspecified atom stereocenters. The molecule has 2 saturated heterocycles. The molecule has 8 rings (SSSR count). The molecule has 4 aromatic heterocycles. The first-order valence-electron chi connectivity index (χ1n) is 23.9. The number of anilines is 4. The minimum Gasteiger partial charge on any atom is -0.378 e. The highest BCUT2D eigenvalue weighted by molar-refractivity contribution is 6.29. The second-order valence-electron chi connectivity index (χ2n) is 18.7. The van der Waals surface area contributed by atoms with E-state index in [0.717, 1.165) is 63.7 Å². The number of terminal acetylenes is 1. The number of aromatic nitrogens is 4. The van der Waals surface area contributed by atoms with Crippen LogP contribution in [0.25, 0.3) is 22.3 Å². The summed E-state index contributed by atoms with van der Waals surface area (Å²) in [6.07, 6.45) is -2.56. The van der Waals surface area contributed by atoms with Gasteiger partial charge in [0.15, 0.2) is 0 Å². The average molecular weight is 1090 g/mol. The summed E-state index contributed by atoms with van der Waals surface area (Å²) in [4.78, 5) is 45.2. The number of rotatable bonds is 8. The van der Waals surface area contributed by atoms with Crippen LogP contribution in [-0.4, -0.2) is 106 Å². The average Bonchev–Trinajstić information content (AvgIpc) is 3.39. The number of benzene rings is 2. The molecule has 14 nitrogen and oxygen atoms in total. The number of carbonyl (C=O) groups is 2. The summed E-state index contributed by atoms with van der Waals surface area (Å²) in [5, 5.41) is 24.3. The van der Waals surface area contributed by atoms with Gasteiger partial charge in [0.1, 0.15) is 45.1 Å². The first-order valence-corrected chi connectivity index (χ1v) is 24.3.